The summed E-state index contributed by atoms with van der Waals surface area (Å²) < 4.78 is 5.21. The highest BCUT2D eigenvalue weighted by atomic mass is 16.5. The van der Waals surface area contributed by atoms with E-state index < -0.39 is 5.97 Å². The molecule has 2 rings (SSSR count). The minimum absolute atomic E-state index is 0.156. The number of rotatable bonds is 6. The lowest BCUT2D eigenvalue weighted by Crippen LogP contribution is -2.20. The zero-order valence-electron chi connectivity index (χ0n) is 15.0. The van der Waals surface area contributed by atoms with Gasteiger partial charge in [-0.05, 0) is 51.0 Å². The molecule has 0 amide bonds. The number of hydrogen-bond donors (Lipinski definition) is 1. The Morgan fingerprint density at radius 1 is 1.12 bits per heavy atom. The third kappa shape index (κ3) is 8.89. The fraction of sp³-hybridized carbons (Fsp3) is 0.429. The number of benzene rings is 1. The Morgan fingerprint density at radius 2 is 1.72 bits per heavy atom. The van der Waals surface area contributed by atoms with Crippen molar-refractivity contribution in [1.82, 2.24) is 0 Å². The lowest BCUT2D eigenvalue weighted by atomic mass is 9.98. The summed E-state index contributed by atoms with van der Waals surface area (Å²) >= 11 is 0. The summed E-state index contributed by atoms with van der Waals surface area (Å²) in [5, 5.41) is 8.56. The Morgan fingerprint density at radius 3 is 2.24 bits per heavy atom. The van der Waals surface area contributed by atoms with Gasteiger partial charge in [0.15, 0.2) is 0 Å². The molecule has 136 valence electrons. The lowest BCUT2D eigenvalue weighted by molar-refractivity contribution is -0.145. The molecule has 25 heavy (non-hydrogen) atoms. The molecule has 0 atom stereocenters. The molecule has 0 spiro atoms. The van der Waals surface area contributed by atoms with Crippen molar-refractivity contribution in [2.24, 2.45) is 0 Å². The molecule has 0 aromatic heterocycles. The summed E-state index contributed by atoms with van der Waals surface area (Å²) in [5.74, 6) is -1.14. The van der Waals surface area contributed by atoms with Crippen molar-refractivity contribution in [3.8, 4) is 0 Å². The average Bonchev–Trinajstić information content (AvgIpc) is 2.61. The van der Waals surface area contributed by atoms with Gasteiger partial charge in [-0.1, -0.05) is 49.9 Å². The number of aliphatic carboxylic acids is 1. The van der Waals surface area contributed by atoms with Crippen molar-refractivity contribution in [3.63, 3.8) is 0 Å². The smallest absolute Gasteiger partial charge is 0.333 e. The van der Waals surface area contributed by atoms with Gasteiger partial charge in [0.1, 0.15) is 6.10 Å². The maximum atomic E-state index is 11.1. The average molecular weight is 344 g/mol. The Labute approximate surface area is 150 Å². The van der Waals surface area contributed by atoms with Gasteiger partial charge < -0.3 is 9.84 Å². The van der Waals surface area contributed by atoms with E-state index in [2.05, 4.69) is 13.2 Å². The van der Waals surface area contributed by atoms with Gasteiger partial charge in [-0.3, -0.25) is 0 Å². The Kier molecular flexibility index (Phi) is 9.30. The maximum absolute atomic E-state index is 11.1. The van der Waals surface area contributed by atoms with Crippen molar-refractivity contribution in [1.29, 1.82) is 0 Å². The minimum atomic E-state index is -0.907. The fourth-order valence-electron chi connectivity index (χ4n) is 2.48. The van der Waals surface area contributed by atoms with Crippen LogP contribution in [0.5, 0.6) is 0 Å². The second-order valence-corrected chi connectivity index (χ2v) is 6.34. The van der Waals surface area contributed by atoms with Crippen molar-refractivity contribution >= 4 is 11.9 Å². The van der Waals surface area contributed by atoms with Crippen LogP contribution in [-0.4, -0.2) is 23.1 Å². The van der Waals surface area contributed by atoms with E-state index >= 15 is 0 Å². The number of carboxylic acids is 1. The first-order valence-corrected chi connectivity index (χ1v) is 8.71. The third-order valence-electron chi connectivity index (χ3n) is 4.04. The van der Waals surface area contributed by atoms with Gasteiger partial charge in [0.25, 0.3) is 0 Å². The van der Waals surface area contributed by atoms with Crippen LogP contribution in [-0.2, 0) is 20.7 Å². The van der Waals surface area contributed by atoms with Crippen LogP contribution in [0.25, 0.3) is 0 Å². The van der Waals surface area contributed by atoms with Gasteiger partial charge in [-0.15, -0.1) is 0 Å². The van der Waals surface area contributed by atoms with E-state index in [1.54, 1.807) is 6.92 Å². The van der Waals surface area contributed by atoms with Gasteiger partial charge in [-0.2, -0.15) is 0 Å². The summed E-state index contributed by atoms with van der Waals surface area (Å²) in [6.45, 7) is 8.70. The Hall–Kier alpha value is -2.36. The summed E-state index contributed by atoms with van der Waals surface area (Å²) in [6.07, 6.45) is 7.12. The van der Waals surface area contributed by atoms with E-state index in [4.69, 9.17) is 9.84 Å². The molecule has 4 heteroatoms. The van der Waals surface area contributed by atoms with Crippen LogP contribution in [0.2, 0.25) is 0 Å². The first-order chi connectivity index (χ1) is 11.9. The highest BCUT2D eigenvalue weighted by molar-refractivity contribution is 5.87. The summed E-state index contributed by atoms with van der Waals surface area (Å²) in [4.78, 5) is 21.5. The highest BCUT2D eigenvalue weighted by Gasteiger charge is 2.17. The molecule has 1 fully saturated rings. The quantitative estimate of drug-likeness (QED) is 0.600. The van der Waals surface area contributed by atoms with Crippen molar-refractivity contribution in [3.05, 3.63) is 60.2 Å². The number of ether oxygens (including phenoxy) is 1. The number of hydrogen-bond acceptors (Lipinski definition) is 3. The topological polar surface area (TPSA) is 63.6 Å². The van der Waals surface area contributed by atoms with Gasteiger partial charge in [-0.25, -0.2) is 9.59 Å². The molecule has 1 aliphatic rings. The van der Waals surface area contributed by atoms with Crippen LogP contribution in [0.3, 0.4) is 0 Å². The second-order valence-electron chi connectivity index (χ2n) is 6.34. The summed E-state index contributed by atoms with van der Waals surface area (Å²) in [6, 6.07) is 9.79. The zero-order chi connectivity index (χ0) is 18.7. The SMILES string of the molecule is C=C(C)C(=O)OC1CCCCC1.C=C(CCc1ccccc1)C(=O)O. The van der Waals surface area contributed by atoms with Crippen LogP contribution in [0, 0.1) is 0 Å². The standard InChI is InChI=1S/C11H12O2.C10H16O2/c1-9(11(12)13)7-8-10-5-3-2-4-6-10;1-8(2)10(11)12-9-6-4-3-5-7-9/h2-6H,1,7-8H2,(H,12,13);9H,1,3-7H2,2H3. The van der Waals surface area contributed by atoms with Gasteiger partial charge in [0, 0.05) is 11.1 Å². The fourth-order valence-corrected chi connectivity index (χ4v) is 2.48. The Balaban J connectivity index is 0.000000251. The molecule has 0 saturated heterocycles. The summed E-state index contributed by atoms with van der Waals surface area (Å²) in [7, 11) is 0. The molecule has 0 aliphatic heterocycles. The molecule has 1 aromatic rings. The molecule has 1 aromatic carbocycles. The van der Waals surface area contributed by atoms with E-state index in [1.165, 1.54) is 19.3 Å². The predicted octanol–water partition coefficient (Wildman–Crippen LogP) is 4.70. The number of esters is 1. The first-order valence-electron chi connectivity index (χ1n) is 8.71. The Bertz CT molecular complexity index is 583. The number of carbonyl (C=O) groups excluding carboxylic acids is 1. The molecule has 0 bridgehead atoms. The van der Waals surface area contributed by atoms with Gasteiger partial charge >= 0.3 is 11.9 Å². The molecule has 4 nitrogen and oxygen atoms in total. The van der Waals surface area contributed by atoms with Crippen LogP contribution in [0.1, 0.15) is 51.0 Å². The summed E-state index contributed by atoms with van der Waals surface area (Å²) in [5.41, 5.74) is 1.91. The zero-order valence-corrected chi connectivity index (χ0v) is 15.0. The molecule has 1 N–H and O–H groups in total. The van der Waals surface area contributed by atoms with Crippen molar-refractivity contribution < 1.29 is 19.4 Å². The van der Waals surface area contributed by atoms with E-state index in [-0.39, 0.29) is 17.6 Å². The second kappa shape index (κ2) is 11.2. The van der Waals surface area contributed by atoms with Gasteiger partial charge in [0.2, 0.25) is 0 Å². The van der Waals surface area contributed by atoms with Gasteiger partial charge in [0.05, 0.1) is 0 Å². The van der Waals surface area contributed by atoms with E-state index in [1.807, 2.05) is 30.3 Å². The van der Waals surface area contributed by atoms with Crippen molar-refractivity contribution in [2.45, 2.75) is 58.0 Å². The molecular formula is C21H28O4. The first kappa shape index (κ1) is 20.7. The lowest BCUT2D eigenvalue weighted by Gasteiger charge is -2.21. The molecule has 0 radical (unpaired) electrons. The van der Waals surface area contributed by atoms with Crippen molar-refractivity contribution in [2.75, 3.05) is 0 Å². The van der Waals surface area contributed by atoms with E-state index in [0.717, 1.165) is 24.8 Å². The minimum Gasteiger partial charge on any atom is -0.478 e. The molecule has 0 heterocycles. The highest BCUT2D eigenvalue weighted by Crippen LogP contribution is 2.20. The van der Waals surface area contributed by atoms with Crippen LogP contribution in [0.15, 0.2) is 54.6 Å². The van der Waals surface area contributed by atoms with Crippen LogP contribution >= 0.6 is 0 Å². The molecular weight excluding hydrogens is 316 g/mol. The van der Waals surface area contributed by atoms with E-state index in [9.17, 15) is 9.59 Å². The molecule has 0 unspecified atom stereocenters. The van der Waals surface area contributed by atoms with Crippen LogP contribution < -0.4 is 0 Å². The molecule has 1 aliphatic carbocycles. The largest absolute Gasteiger partial charge is 0.478 e. The number of aryl methyl sites for hydroxylation is 1. The third-order valence-corrected chi connectivity index (χ3v) is 4.04. The molecule has 1 saturated carbocycles. The monoisotopic (exact) mass is 344 g/mol. The number of carboxylic acid groups (broad SMARTS) is 1. The normalized spacial score (nSPS) is 14.0. The van der Waals surface area contributed by atoms with Crippen LogP contribution in [0.4, 0.5) is 0 Å². The maximum Gasteiger partial charge on any atom is 0.333 e. The number of carbonyl (C=O) groups is 2. The predicted molar refractivity (Wildman–Crippen MR) is 99.3 cm³/mol. The van der Waals surface area contributed by atoms with E-state index in [0.29, 0.717) is 12.0 Å².